The number of nitrogen functional groups attached to an aromatic ring is 1. The van der Waals surface area contributed by atoms with Gasteiger partial charge in [-0.2, -0.15) is 0 Å². The van der Waals surface area contributed by atoms with Crippen molar-refractivity contribution in [1.82, 2.24) is 24.2 Å². The summed E-state index contributed by atoms with van der Waals surface area (Å²) in [6.07, 6.45) is -2.23. The Balaban J connectivity index is 1.20. The van der Waals surface area contributed by atoms with Gasteiger partial charge < -0.3 is 25.4 Å². The smallest absolute Gasteiger partial charge is 0.338 e. The third-order valence-electron chi connectivity index (χ3n) is 6.09. The number of nitrogens with zero attached hydrogens (tertiary/aromatic N) is 4. The van der Waals surface area contributed by atoms with Gasteiger partial charge in [0.25, 0.3) is 0 Å². The number of aromatic nitrogens is 4. The summed E-state index contributed by atoms with van der Waals surface area (Å²) in [5.74, 6) is -0.605. The number of carbonyl (C=O) groups is 1. The standard InChI is InChI=1S/C24H24N6O7S/c25-21-18-22(27-12-26-21)30(13-28-18)23-20(32)19(31)17(37-23)11-36-24(33)15-6-8-16(9-7-15)38(34,35)29-10-14-4-2-1-3-5-14/h1-9,12-13,17,19-20,23,29,31-32H,10-11H2,(H2,25,26,27)/t17-,19-,20-,23?/m1/s1. The summed E-state index contributed by atoms with van der Waals surface area (Å²) in [7, 11) is -3.79. The predicted molar refractivity (Wildman–Crippen MR) is 133 cm³/mol. The van der Waals surface area contributed by atoms with Crippen LogP contribution >= 0.6 is 0 Å². The number of carbonyl (C=O) groups excluding carboxylic acids is 1. The van der Waals surface area contributed by atoms with E-state index in [1.165, 1.54) is 41.5 Å². The van der Waals surface area contributed by atoms with Crippen molar-refractivity contribution in [2.75, 3.05) is 12.3 Å². The van der Waals surface area contributed by atoms with Gasteiger partial charge in [0.2, 0.25) is 10.0 Å². The van der Waals surface area contributed by atoms with Gasteiger partial charge in [0.05, 0.1) is 16.8 Å². The van der Waals surface area contributed by atoms with Crippen LogP contribution in [-0.4, -0.2) is 69.0 Å². The Kier molecular flexibility index (Phi) is 7.05. The molecule has 0 spiro atoms. The first kappa shape index (κ1) is 25.7. The second kappa shape index (κ2) is 10.4. The molecule has 0 radical (unpaired) electrons. The highest BCUT2D eigenvalue weighted by molar-refractivity contribution is 7.89. The summed E-state index contributed by atoms with van der Waals surface area (Å²) in [6.45, 7) is -0.241. The van der Waals surface area contributed by atoms with Crippen molar-refractivity contribution in [1.29, 1.82) is 0 Å². The number of ether oxygens (including phenoxy) is 2. The van der Waals surface area contributed by atoms with Crippen LogP contribution in [-0.2, 0) is 26.0 Å². The molecule has 38 heavy (non-hydrogen) atoms. The number of benzene rings is 2. The van der Waals surface area contributed by atoms with Crippen molar-refractivity contribution in [3.63, 3.8) is 0 Å². The Morgan fingerprint density at radius 1 is 1.05 bits per heavy atom. The third-order valence-corrected chi connectivity index (χ3v) is 7.50. The van der Waals surface area contributed by atoms with E-state index < -0.39 is 40.5 Å². The molecule has 2 aromatic heterocycles. The normalized spacial score (nSPS) is 21.5. The second-order valence-electron chi connectivity index (χ2n) is 8.56. The fraction of sp³-hybridized carbons (Fsp3) is 0.250. The fourth-order valence-corrected chi connectivity index (χ4v) is 5.04. The molecule has 5 rings (SSSR count). The number of hydrogen-bond acceptors (Lipinski definition) is 11. The SMILES string of the molecule is Nc1ncnc2c1ncn2C1O[C@H](COC(=O)c2ccc(S(=O)(=O)NCc3ccccc3)cc2)[C@@H](O)[C@H]1O. The molecule has 0 aliphatic carbocycles. The highest BCUT2D eigenvalue weighted by atomic mass is 32.2. The minimum Gasteiger partial charge on any atom is -0.459 e. The van der Waals surface area contributed by atoms with E-state index in [1.54, 1.807) is 12.1 Å². The van der Waals surface area contributed by atoms with E-state index in [4.69, 9.17) is 15.2 Å². The lowest BCUT2D eigenvalue weighted by atomic mass is 10.1. The lowest BCUT2D eigenvalue weighted by Crippen LogP contribution is -2.34. The molecule has 3 heterocycles. The largest absolute Gasteiger partial charge is 0.459 e. The number of esters is 1. The number of aliphatic hydroxyl groups excluding tert-OH is 2. The lowest BCUT2D eigenvalue weighted by Gasteiger charge is -2.16. The molecule has 198 valence electrons. The number of hydrogen-bond donors (Lipinski definition) is 4. The van der Waals surface area contributed by atoms with Gasteiger partial charge in [-0.25, -0.2) is 32.9 Å². The van der Waals surface area contributed by atoms with Gasteiger partial charge in [-0.3, -0.25) is 4.57 Å². The van der Waals surface area contributed by atoms with Crippen molar-refractivity contribution in [2.24, 2.45) is 0 Å². The van der Waals surface area contributed by atoms with Crippen molar-refractivity contribution in [2.45, 2.75) is 36.0 Å². The van der Waals surface area contributed by atoms with Gasteiger partial charge in [0.1, 0.15) is 36.8 Å². The van der Waals surface area contributed by atoms with Gasteiger partial charge in [-0.05, 0) is 29.8 Å². The molecule has 1 saturated heterocycles. The van der Waals surface area contributed by atoms with Gasteiger partial charge in [0.15, 0.2) is 17.7 Å². The molecule has 14 heteroatoms. The second-order valence-corrected chi connectivity index (χ2v) is 10.3. The maximum atomic E-state index is 12.6. The summed E-state index contributed by atoms with van der Waals surface area (Å²) >= 11 is 0. The Morgan fingerprint density at radius 3 is 2.53 bits per heavy atom. The van der Waals surface area contributed by atoms with Gasteiger partial charge >= 0.3 is 5.97 Å². The molecular formula is C24H24N6O7S. The summed E-state index contributed by atoms with van der Waals surface area (Å²) in [5, 5.41) is 21.0. The van der Waals surface area contributed by atoms with Crippen LogP contribution in [0.5, 0.6) is 0 Å². The maximum absolute atomic E-state index is 12.6. The van der Waals surface area contributed by atoms with Crippen molar-refractivity contribution in [3.8, 4) is 0 Å². The molecule has 0 saturated carbocycles. The Morgan fingerprint density at radius 2 is 1.79 bits per heavy atom. The van der Waals surface area contributed by atoms with Crippen molar-refractivity contribution in [3.05, 3.63) is 78.4 Å². The Hall–Kier alpha value is -3.95. The molecule has 4 aromatic rings. The van der Waals surface area contributed by atoms with E-state index in [-0.39, 0.29) is 29.4 Å². The summed E-state index contributed by atoms with van der Waals surface area (Å²) in [4.78, 5) is 24.6. The number of aliphatic hydroxyl groups is 2. The first-order chi connectivity index (χ1) is 18.2. The van der Waals surface area contributed by atoms with E-state index >= 15 is 0 Å². The molecule has 1 aliphatic heterocycles. The van der Waals surface area contributed by atoms with Crippen molar-refractivity contribution >= 4 is 33.0 Å². The zero-order valence-corrected chi connectivity index (χ0v) is 20.6. The van der Waals surface area contributed by atoms with Gasteiger partial charge in [-0.1, -0.05) is 30.3 Å². The number of rotatable bonds is 8. The third kappa shape index (κ3) is 5.07. The number of sulfonamides is 1. The predicted octanol–water partition coefficient (Wildman–Crippen LogP) is 0.363. The molecule has 5 N–H and O–H groups in total. The van der Waals surface area contributed by atoms with Crippen LogP contribution in [0.15, 0.2) is 72.1 Å². The van der Waals surface area contributed by atoms with Crippen LogP contribution in [0.1, 0.15) is 22.1 Å². The zero-order valence-electron chi connectivity index (χ0n) is 19.8. The van der Waals surface area contributed by atoms with Crippen LogP contribution in [0.3, 0.4) is 0 Å². The first-order valence-electron chi connectivity index (χ1n) is 11.5. The van der Waals surface area contributed by atoms with Crippen LogP contribution in [0.4, 0.5) is 5.82 Å². The highest BCUT2D eigenvalue weighted by Crippen LogP contribution is 2.32. The number of fused-ring (bicyclic) bond motifs is 1. The van der Waals surface area contributed by atoms with Crippen LogP contribution < -0.4 is 10.5 Å². The number of imidazole rings is 1. The molecule has 4 atom stereocenters. The molecule has 1 fully saturated rings. The van der Waals surface area contributed by atoms with E-state index in [2.05, 4.69) is 19.7 Å². The number of anilines is 1. The summed E-state index contributed by atoms with van der Waals surface area (Å²) in [6, 6.07) is 14.3. The van der Waals surface area contributed by atoms with Crippen molar-refractivity contribution < 1.29 is 32.9 Å². The summed E-state index contributed by atoms with van der Waals surface area (Å²) < 4.78 is 40.1. The lowest BCUT2D eigenvalue weighted by molar-refractivity contribution is -0.0565. The maximum Gasteiger partial charge on any atom is 0.338 e. The fourth-order valence-electron chi connectivity index (χ4n) is 4.02. The minimum absolute atomic E-state index is 0.0116. The average molecular weight is 541 g/mol. The number of nitrogens with two attached hydrogens (primary N) is 1. The summed E-state index contributed by atoms with van der Waals surface area (Å²) in [5.41, 5.74) is 7.32. The average Bonchev–Trinajstić information content (AvgIpc) is 3.48. The molecule has 0 bridgehead atoms. The van der Waals surface area contributed by atoms with E-state index in [1.807, 2.05) is 18.2 Å². The van der Waals surface area contributed by atoms with E-state index in [0.29, 0.717) is 11.2 Å². The molecule has 13 nitrogen and oxygen atoms in total. The monoisotopic (exact) mass is 540 g/mol. The molecule has 1 unspecified atom stereocenters. The quantitative estimate of drug-likeness (QED) is 0.226. The van der Waals surface area contributed by atoms with E-state index in [9.17, 15) is 23.4 Å². The number of nitrogens with one attached hydrogen (secondary N) is 1. The molecule has 0 amide bonds. The highest BCUT2D eigenvalue weighted by Gasteiger charge is 2.45. The minimum atomic E-state index is -3.79. The molecular weight excluding hydrogens is 516 g/mol. The molecule has 1 aliphatic rings. The first-order valence-corrected chi connectivity index (χ1v) is 13.0. The van der Waals surface area contributed by atoms with Crippen LogP contribution in [0.25, 0.3) is 11.2 Å². The van der Waals surface area contributed by atoms with Crippen LogP contribution in [0.2, 0.25) is 0 Å². The molecule has 2 aromatic carbocycles. The van der Waals surface area contributed by atoms with E-state index in [0.717, 1.165) is 5.56 Å². The van der Waals surface area contributed by atoms with Gasteiger partial charge in [0, 0.05) is 6.54 Å². The Labute approximate surface area is 216 Å². The zero-order chi connectivity index (χ0) is 26.9. The Bertz CT molecular complexity index is 1550. The van der Waals surface area contributed by atoms with Gasteiger partial charge in [-0.15, -0.1) is 0 Å². The topological polar surface area (TPSA) is 192 Å². The van der Waals surface area contributed by atoms with Crippen LogP contribution in [0, 0.1) is 0 Å².